The third kappa shape index (κ3) is 6.14. The molecule has 1 atom stereocenters. The molecule has 31 heavy (non-hydrogen) atoms. The summed E-state index contributed by atoms with van der Waals surface area (Å²) in [5.74, 6) is 0.337. The van der Waals surface area contributed by atoms with E-state index in [4.69, 9.17) is 33.0 Å². The van der Waals surface area contributed by atoms with Crippen molar-refractivity contribution in [3.63, 3.8) is 0 Å². The molecule has 162 valence electrons. The second-order valence-electron chi connectivity index (χ2n) is 6.75. The van der Waals surface area contributed by atoms with Crippen LogP contribution >= 0.6 is 23.2 Å². The van der Waals surface area contributed by atoms with E-state index in [0.717, 1.165) is 12.0 Å². The topological polar surface area (TPSA) is 82.5 Å². The third-order valence-corrected chi connectivity index (χ3v) is 6.87. The van der Waals surface area contributed by atoms with Gasteiger partial charge in [0.25, 0.3) is 0 Å². The standard InChI is InChI=1S/C23H21Cl2NO4S/c1-2-15-6-3-4-9-20(15)30-21-12-10-16(26-19(21)11-13-22(27)28)14-31(29)23-17(24)7-5-8-18(23)25/h3-10,12H,2,11,13-14H2,1H3,(H,27,28). The van der Waals surface area contributed by atoms with Crippen LogP contribution in [0.2, 0.25) is 10.0 Å². The Morgan fingerprint density at radius 1 is 1.06 bits per heavy atom. The molecule has 0 aliphatic heterocycles. The first-order chi connectivity index (χ1) is 14.9. The lowest BCUT2D eigenvalue weighted by Crippen LogP contribution is -2.10. The summed E-state index contributed by atoms with van der Waals surface area (Å²) in [6.45, 7) is 2.03. The molecule has 5 nitrogen and oxygen atoms in total. The molecule has 2 aromatic carbocycles. The molecular formula is C23H21Cl2NO4S. The molecule has 0 spiro atoms. The average Bonchev–Trinajstić information content (AvgIpc) is 2.74. The second-order valence-corrected chi connectivity index (χ2v) is 8.95. The monoisotopic (exact) mass is 477 g/mol. The van der Waals surface area contributed by atoms with Crippen molar-refractivity contribution in [1.29, 1.82) is 0 Å². The van der Waals surface area contributed by atoms with E-state index in [9.17, 15) is 9.35 Å². The van der Waals surface area contributed by atoms with Crippen LogP contribution < -0.4 is 4.74 Å². The summed E-state index contributed by atoms with van der Waals surface area (Å²) in [7, 11) is 0. The highest BCUT2D eigenvalue weighted by molar-refractivity contribution is 7.90. The van der Waals surface area contributed by atoms with E-state index in [1.807, 2.05) is 31.2 Å². The number of ether oxygens (including phenoxy) is 1. The van der Waals surface area contributed by atoms with Gasteiger partial charge in [0.2, 0.25) is 0 Å². The average molecular weight is 478 g/mol. The zero-order chi connectivity index (χ0) is 22.4. The van der Waals surface area contributed by atoms with E-state index >= 15 is 0 Å². The summed E-state index contributed by atoms with van der Waals surface area (Å²) in [5.41, 5.74) is 2.06. The van der Waals surface area contributed by atoms with Crippen molar-refractivity contribution in [2.75, 3.05) is 0 Å². The van der Waals surface area contributed by atoms with Gasteiger partial charge in [-0.1, -0.05) is 54.4 Å². The number of benzene rings is 2. The van der Waals surface area contributed by atoms with Gasteiger partial charge in [0.05, 0.1) is 27.9 Å². The highest BCUT2D eigenvalue weighted by Crippen LogP contribution is 2.33. The zero-order valence-electron chi connectivity index (χ0n) is 16.8. The maximum Gasteiger partial charge on any atom is 0.303 e. The Morgan fingerprint density at radius 3 is 2.45 bits per heavy atom. The number of aliphatic carboxylic acids is 1. The van der Waals surface area contributed by atoms with Crippen LogP contribution in [0.1, 0.15) is 30.3 Å². The number of nitrogens with zero attached hydrogens (tertiary/aromatic N) is 1. The second kappa shape index (κ2) is 10.9. The number of halogens is 2. The van der Waals surface area contributed by atoms with E-state index < -0.39 is 17.1 Å². The van der Waals surface area contributed by atoms with Gasteiger partial charge in [-0.05, 0) is 53.5 Å². The Kier molecular flexibility index (Phi) is 8.21. The fourth-order valence-electron chi connectivity index (χ4n) is 3.03. The van der Waals surface area contributed by atoms with Gasteiger partial charge in [-0.2, -0.15) is 0 Å². The first-order valence-corrected chi connectivity index (χ1v) is 11.7. The van der Waals surface area contributed by atoms with Crippen molar-refractivity contribution < 1.29 is 19.2 Å². The number of carbonyl (C=O) groups is 1. The first kappa shape index (κ1) is 23.4. The molecule has 1 N–H and O–H groups in total. The molecule has 1 aromatic heterocycles. The van der Waals surface area contributed by atoms with Crippen molar-refractivity contribution in [2.45, 2.75) is 36.8 Å². The number of hydrogen-bond acceptors (Lipinski definition) is 4. The number of aryl methyl sites for hydroxylation is 2. The zero-order valence-corrected chi connectivity index (χ0v) is 19.1. The van der Waals surface area contributed by atoms with Gasteiger partial charge in [-0.25, -0.2) is 4.98 Å². The largest absolute Gasteiger partial charge is 0.611 e. The van der Waals surface area contributed by atoms with Crippen LogP contribution in [0, 0.1) is 0 Å². The highest BCUT2D eigenvalue weighted by Gasteiger charge is 2.22. The molecule has 0 saturated heterocycles. The summed E-state index contributed by atoms with van der Waals surface area (Å²) in [4.78, 5) is 16.0. The van der Waals surface area contributed by atoms with Crippen LogP contribution in [0.4, 0.5) is 0 Å². The Hall–Kier alpha value is -2.25. The molecule has 0 aliphatic rings. The smallest absolute Gasteiger partial charge is 0.303 e. The molecule has 1 heterocycles. The minimum Gasteiger partial charge on any atom is -0.611 e. The highest BCUT2D eigenvalue weighted by atomic mass is 35.5. The van der Waals surface area contributed by atoms with E-state index in [-0.39, 0.29) is 18.6 Å². The SMILES string of the molecule is CCc1ccccc1Oc1ccc(C[S+]([O-])c2c(Cl)cccc2Cl)nc1CCC(=O)O. The van der Waals surface area contributed by atoms with Crippen LogP contribution in [0.25, 0.3) is 0 Å². The van der Waals surface area contributed by atoms with Crippen LogP contribution in [0.15, 0.2) is 59.5 Å². The number of hydrogen-bond donors (Lipinski definition) is 1. The van der Waals surface area contributed by atoms with Crippen LogP contribution in [0.3, 0.4) is 0 Å². The fourth-order valence-corrected chi connectivity index (χ4v) is 5.09. The van der Waals surface area contributed by atoms with E-state index in [0.29, 0.717) is 37.8 Å². The fraction of sp³-hybridized carbons (Fsp3) is 0.217. The van der Waals surface area contributed by atoms with E-state index in [1.54, 1.807) is 30.3 Å². The minimum absolute atomic E-state index is 0.0926. The van der Waals surface area contributed by atoms with Crippen LogP contribution in [0.5, 0.6) is 11.5 Å². The summed E-state index contributed by atoms with van der Waals surface area (Å²) in [6.07, 6.45) is 0.887. The Balaban J connectivity index is 1.89. The van der Waals surface area contributed by atoms with Crippen molar-refractivity contribution in [2.24, 2.45) is 0 Å². The molecule has 0 radical (unpaired) electrons. The number of rotatable bonds is 9. The molecule has 3 aromatic rings. The third-order valence-electron chi connectivity index (χ3n) is 4.56. The van der Waals surface area contributed by atoms with Crippen molar-refractivity contribution in [3.05, 3.63) is 81.6 Å². The molecule has 0 bridgehead atoms. The predicted octanol–water partition coefficient (Wildman–Crippen LogP) is 6.07. The quantitative estimate of drug-likeness (QED) is 0.378. The summed E-state index contributed by atoms with van der Waals surface area (Å²) in [6, 6.07) is 16.1. The van der Waals surface area contributed by atoms with E-state index in [2.05, 4.69) is 4.98 Å². The summed E-state index contributed by atoms with van der Waals surface area (Å²) in [5, 5.41) is 9.77. The maximum absolute atomic E-state index is 12.9. The number of aromatic nitrogens is 1. The van der Waals surface area contributed by atoms with Crippen LogP contribution in [-0.4, -0.2) is 20.6 Å². The Morgan fingerprint density at radius 2 is 1.77 bits per heavy atom. The molecule has 0 amide bonds. The van der Waals surface area contributed by atoms with Gasteiger partial charge < -0.3 is 14.4 Å². The predicted molar refractivity (Wildman–Crippen MR) is 123 cm³/mol. The number of para-hydroxylation sites is 1. The number of carboxylic acid groups (broad SMARTS) is 1. The Labute approximate surface area is 194 Å². The minimum atomic E-state index is -1.51. The first-order valence-electron chi connectivity index (χ1n) is 9.67. The molecule has 1 unspecified atom stereocenters. The Bertz CT molecular complexity index is 1060. The van der Waals surface area contributed by atoms with Gasteiger partial charge in [0.15, 0.2) is 10.6 Å². The molecule has 0 aliphatic carbocycles. The van der Waals surface area contributed by atoms with Crippen LogP contribution in [-0.2, 0) is 34.6 Å². The van der Waals surface area contributed by atoms with Crippen molar-refractivity contribution >= 4 is 40.3 Å². The lowest BCUT2D eigenvalue weighted by molar-refractivity contribution is -0.136. The van der Waals surface area contributed by atoms with Gasteiger partial charge in [-0.3, -0.25) is 4.79 Å². The molecule has 0 saturated carbocycles. The maximum atomic E-state index is 12.9. The van der Waals surface area contributed by atoms with Crippen molar-refractivity contribution in [1.82, 2.24) is 4.98 Å². The number of pyridine rings is 1. The normalized spacial score (nSPS) is 11.9. The lowest BCUT2D eigenvalue weighted by atomic mass is 10.1. The molecule has 8 heteroatoms. The number of carboxylic acids is 1. The van der Waals surface area contributed by atoms with Gasteiger partial charge in [0.1, 0.15) is 11.5 Å². The molecule has 3 rings (SSSR count). The molecular weight excluding hydrogens is 457 g/mol. The molecule has 0 fully saturated rings. The van der Waals surface area contributed by atoms with Gasteiger partial charge in [-0.15, -0.1) is 0 Å². The summed E-state index contributed by atoms with van der Waals surface area (Å²) < 4.78 is 18.9. The van der Waals surface area contributed by atoms with Gasteiger partial charge in [0, 0.05) is 6.42 Å². The lowest BCUT2D eigenvalue weighted by Gasteiger charge is -2.16. The van der Waals surface area contributed by atoms with E-state index in [1.165, 1.54) is 0 Å². The van der Waals surface area contributed by atoms with Crippen molar-refractivity contribution in [3.8, 4) is 11.5 Å². The summed E-state index contributed by atoms with van der Waals surface area (Å²) >= 11 is 10.8. The van der Waals surface area contributed by atoms with Gasteiger partial charge >= 0.3 is 5.97 Å².